The van der Waals surface area contributed by atoms with Gasteiger partial charge in [0.2, 0.25) is 5.91 Å². The molecular formula is C21H30F3IN4O. The molecule has 1 aliphatic carbocycles. The van der Waals surface area contributed by atoms with E-state index in [2.05, 4.69) is 10.6 Å². The number of amides is 1. The highest BCUT2D eigenvalue weighted by Crippen LogP contribution is 2.45. The van der Waals surface area contributed by atoms with Crippen LogP contribution >= 0.6 is 24.0 Å². The van der Waals surface area contributed by atoms with Crippen LogP contribution in [0, 0.1) is 0 Å². The Hall–Kier alpha value is -1.52. The molecule has 30 heavy (non-hydrogen) atoms. The molecule has 2 fully saturated rings. The summed E-state index contributed by atoms with van der Waals surface area (Å²) in [6.07, 6.45) is -0.444. The Labute approximate surface area is 192 Å². The molecule has 2 N–H and O–H groups in total. The largest absolute Gasteiger partial charge is 0.416 e. The number of hydrogen-bond acceptors (Lipinski definition) is 2. The molecule has 3 rings (SSSR count). The molecule has 2 aliphatic rings. The van der Waals surface area contributed by atoms with Gasteiger partial charge in [-0.1, -0.05) is 24.6 Å². The number of guanidine groups is 1. The van der Waals surface area contributed by atoms with E-state index in [9.17, 15) is 18.0 Å². The van der Waals surface area contributed by atoms with E-state index in [4.69, 9.17) is 4.99 Å². The van der Waals surface area contributed by atoms with Crippen LogP contribution in [0.5, 0.6) is 0 Å². The van der Waals surface area contributed by atoms with Crippen molar-refractivity contribution in [1.29, 1.82) is 0 Å². The first-order chi connectivity index (χ1) is 13.7. The van der Waals surface area contributed by atoms with Crippen LogP contribution in [0.1, 0.15) is 50.2 Å². The zero-order valence-corrected chi connectivity index (χ0v) is 19.7. The van der Waals surface area contributed by atoms with Gasteiger partial charge in [-0.15, -0.1) is 24.0 Å². The summed E-state index contributed by atoms with van der Waals surface area (Å²) >= 11 is 0. The number of carbonyl (C=O) groups excluding carboxylic acids is 1. The topological polar surface area (TPSA) is 56.7 Å². The molecule has 0 bridgehead atoms. The second kappa shape index (κ2) is 10.2. The second-order valence-corrected chi connectivity index (χ2v) is 8.06. The Kier molecular flexibility index (Phi) is 8.41. The van der Waals surface area contributed by atoms with Gasteiger partial charge in [0.15, 0.2) is 5.96 Å². The Morgan fingerprint density at radius 1 is 1.33 bits per heavy atom. The Morgan fingerprint density at radius 2 is 2.07 bits per heavy atom. The number of likely N-dealkylation sites (tertiary alicyclic amines) is 1. The fourth-order valence-corrected chi connectivity index (χ4v) is 4.04. The van der Waals surface area contributed by atoms with Crippen LogP contribution in [0.15, 0.2) is 29.3 Å². The monoisotopic (exact) mass is 538 g/mol. The van der Waals surface area contributed by atoms with E-state index in [0.29, 0.717) is 37.6 Å². The van der Waals surface area contributed by atoms with Gasteiger partial charge in [-0.05, 0) is 37.8 Å². The fourth-order valence-electron chi connectivity index (χ4n) is 4.04. The normalized spacial score (nSPS) is 21.5. The van der Waals surface area contributed by atoms with Gasteiger partial charge in [-0.25, -0.2) is 0 Å². The third-order valence-electron chi connectivity index (χ3n) is 5.96. The van der Waals surface area contributed by atoms with Crippen molar-refractivity contribution in [2.24, 2.45) is 4.99 Å². The first kappa shape index (κ1) is 24.7. The number of nitrogens with one attached hydrogen (secondary N) is 2. The summed E-state index contributed by atoms with van der Waals surface area (Å²) in [6.45, 7) is 3.71. The van der Waals surface area contributed by atoms with Crippen molar-refractivity contribution in [1.82, 2.24) is 15.5 Å². The first-order valence-corrected chi connectivity index (χ1v) is 10.2. The lowest BCUT2D eigenvalue weighted by Gasteiger charge is -2.42. The summed E-state index contributed by atoms with van der Waals surface area (Å²) in [7, 11) is 1.79. The summed E-state index contributed by atoms with van der Waals surface area (Å²) in [5.41, 5.74) is -0.241. The van der Waals surface area contributed by atoms with Crippen molar-refractivity contribution < 1.29 is 18.0 Å². The number of hydrogen-bond donors (Lipinski definition) is 2. The number of piperidine rings is 1. The van der Waals surface area contributed by atoms with E-state index >= 15 is 0 Å². The van der Waals surface area contributed by atoms with E-state index in [1.807, 2.05) is 6.92 Å². The molecule has 1 saturated carbocycles. The fraction of sp³-hybridized carbons (Fsp3) is 0.619. The summed E-state index contributed by atoms with van der Waals surface area (Å²) in [6, 6.07) is 5.77. The average molecular weight is 538 g/mol. The zero-order chi connectivity index (χ0) is 21.1. The Balaban J connectivity index is 0.00000320. The van der Waals surface area contributed by atoms with Crippen molar-refractivity contribution in [3.8, 4) is 0 Å². The lowest BCUT2D eigenvalue weighted by molar-refractivity contribution is -0.137. The van der Waals surface area contributed by atoms with Crippen LogP contribution in [0.2, 0.25) is 0 Å². The number of aliphatic imine (C=N–C) groups is 1. The van der Waals surface area contributed by atoms with Gasteiger partial charge < -0.3 is 15.5 Å². The smallest absolute Gasteiger partial charge is 0.357 e. The lowest BCUT2D eigenvalue weighted by Crippen LogP contribution is -2.52. The van der Waals surface area contributed by atoms with Crippen molar-refractivity contribution in [2.45, 2.75) is 56.7 Å². The molecular weight excluding hydrogens is 508 g/mol. The van der Waals surface area contributed by atoms with Gasteiger partial charge in [0.05, 0.1) is 12.1 Å². The Bertz CT molecular complexity index is 765. The molecule has 1 atom stereocenters. The number of benzene rings is 1. The SMILES string of the molecule is CCNC(=NCC1(c2cccc(C(F)(F)F)c2)CCC1)NC1CCC(=O)N(C)C1.I. The van der Waals surface area contributed by atoms with Crippen LogP contribution < -0.4 is 10.6 Å². The van der Waals surface area contributed by atoms with Crippen molar-refractivity contribution >= 4 is 35.8 Å². The van der Waals surface area contributed by atoms with E-state index in [1.54, 1.807) is 18.0 Å². The average Bonchev–Trinajstić information content (AvgIpc) is 2.63. The summed E-state index contributed by atoms with van der Waals surface area (Å²) in [5, 5.41) is 6.60. The third-order valence-corrected chi connectivity index (χ3v) is 5.96. The number of halogens is 4. The van der Waals surface area contributed by atoms with E-state index in [0.717, 1.165) is 31.7 Å². The predicted molar refractivity (Wildman–Crippen MR) is 122 cm³/mol. The standard InChI is InChI=1S/C21H29F3N4O.HI/c1-3-25-19(27-17-8-9-18(29)28(2)13-17)26-14-20(10-5-11-20)15-6-4-7-16(12-15)21(22,23)24;/h4,6-7,12,17H,3,5,8-11,13-14H2,1-2H3,(H2,25,26,27);1H. The minimum absolute atomic E-state index is 0. The minimum atomic E-state index is -4.34. The highest BCUT2D eigenvalue weighted by Gasteiger charge is 2.40. The Morgan fingerprint density at radius 3 is 2.63 bits per heavy atom. The molecule has 5 nitrogen and oxygen atoms in total. The van der Waals surface area contributed by atoms with Gasteiger partial charge in [0.1, 0.15) is 0 Å². The molecule has 0 aromatic heterocycles. The van der Waals surface area contributed by atoms with E-state index < -0.39 is 11.7 Å². The summed E-state index contributed by atoms with van der Waals surface area (Å²) < 4.78 is 39.4. The van der Waals surface area contributed by atoms with Crippen molar-refractivity contribution in [3.05, 3.63) is 35.4 Å². The molecule has 1 amide bonds. The maximum Gasteiger partial charge on any atom is 0.416 e. The van der Waals surface area contributed by atoms with Crippen LogP contribution in [0.3, 0.4) is 0 Å². The van der Waals surface area contributed by atoms with Crippen molar-refractivity contribution in [3.63, 3.8) is 0 Å². The molecule has 168 valence electrons. The van der Waals surface area contributed by atoms with Gasteiger partial charge >= 0.3 is 6.18 Å². The maximum atomic E-state index is 13.1. The minimum Gasteiger partial charge on any atom is -0.357 e. The maximum absolute atomic E-state index is 13.1. The number of carbonyl (C=O) groups is 1. The van der Waals surface area contributed by atoms with E-state index in [1.165, 1.54) is 12.1 Å². The molecule has 1 heterocycles. The van der Waals surface area contributed by atoms with Gasteiger partial charge in [0, 0.05) is 38.0 Å². The number of nitrogens with zero attached hydrogens (tertiary/aromatic N) is 2. The molecule has 0 radical (unpaired) electrons. The second-order valence-electron chi connectivity index (χ2n) is 8.06. The summed E-state index contributed by atoms with van der Waals surface area (Å²) in [4.78, 5) is 18.1. The van der Waals surface area contributed by atoms with Gasteiger partial charge in [-0.3, -0.25) is 9.79 Å². The molecule has 1 unspecified atom stereocenters. The van der Waals surface area contributed by atoms with Gasteiger partial charge in [-0.2, -0.15) is 13.2 Å². The first-order valence-electron chi connectivity index (χ1n) is 10.2. The summed E-state index contributed by atoms with van der Waals surface area (Å²) in [5.74, 6) is 0.793. The number of likely N-dealkylation sites (N-methyl/N-ethyl adjacent to an activating group) is 1. The van der Waals surface area contributed by atoms with Crippen LogP contribution in [0.25, 0.3) is 0 Å². The highest BCUT2D eigenvalue weighted by atomic mass is 127. The molecule has 1 aromatic carbocycles. The van der Waals surface area contributed by atoms with E-state index in [-0.39, 0.29) is 41.3 Å². The quantitative estimate of drug-likeness (QED) is 0.340. The molecule has 1 aromatic rings. The highest BCUT2D eigenvalue weighted by molar-refractivity contribution is 14.0. The number of alkyl halides is 3. The molecule has 1 saturated heterocycles. The van der Waals surface area contributed by atoms with Crippen molar-refractivity contribution in [2.75, 3.05) is 26.7 Å². The lowest BCUT2D eigenvalue weighted by atomic mass is 9.64. The van der Waals surface area contributed by atoms with Crippen LogP contribution in [-0.2, 0) is 16.4 Å². The third kappa shape index (κ3) is 5.79. The molecule has 0 spiro atoms. The zero-order valence-electron chi connectivity index (χ0n) is 17.4. The predicted octanol–water partition coefficient (Wildman–Crippen LogP) is 3.92. The van der Waals surface area contributed by atoms with Crippen LogP contribution in [-0.4, -0.2) is 49.5 Å². The number of rotatable bonds is 5. The van der Waals surface area contributed by atoms with Gasteiger partial charge in [0.25, 0.3) is 0 Å². The molecule has 9 heteroatoms. The van der Waals surface area contributed by atoms with Crippen LogP contribution in [0.4, 0.5) is 13.2 Å². The molecule has 1 aliphatic heterocycles.